The second kappa shape index (κ2) is 8.72. The van der Waals surface area contributed by atoms with Crippen LogP contribution in [0.25, 0.3) is 10.2 Å². The highest BCUT2D eigenvalue weighted by molar-refractivity contribution is 7.16. The predicted octanol–water partition coefficient (Wildman–Crippen LogP) is 2.03. The molecule has 3 rings (SSSR count). The number of likely N-dealkylation sites (N-methyl/N-ethyl adjacent to an activating group) is 1. The summed E-state index contributed by atoms with van der Waals surface area (Å²) in [6.45, 7) is 6.68. The Morgan fingerprint density at radius 2 is 1.93 bits per heavy atom. The number of nitrogens with one attached hydrogen (secondary N) is 1. The van der Waals surface area contributed by atoms with Crippen molar-refractivity contribution in [1.29, 1.82) is 0 Å². The van der Waals surface area contributed by atoms with Crippen LogP contribution in [0.2, 0.25) is 0 Å². The zero-order chi connectivity index (χ0) is 20.3. The van der Waals surface area contributed by atoms with Gasteiger partial charge in [0.15, 0.2) is 0 Å². The number of fused-ring (bicyclic) bond motifs is 1. The van der Waals surface area contributed by atoms with E-state index in [1.807, 2.05) is 25.3 Å². The van der Waals surface area contributed by atoms with Crippen LogP contribution < -0.4 is 10.2 Å². The molecular weight excluding hydrogens is 376 g/mol. The molecule has 28 heavy (non-hydrogen) atoms. The quantitative estimate of drug-likeness (QED) is 0.825. The van der Waals surface area contributed by atoms with Crippen LogP contribution in [0, 0.1) is 5.92 Å². The lowest BCUT2D eigenvalue weighted by atomic mass is 10.0. The Labute approximate surface area is 169 Å². The van der Waals surface area contributed by atoms with E-state index in [1.54, 1.807) is 36.7 Å². The number of piperazine rings is 1. The lowest BCUT2D eigenvalue weighted by molar-refractivity contribution is -0.131. The van der Waals surface area contributed by atoms with Gasteiger partial charge in [0, 0.05) is 40.3 Å². The fraction of sp³-hybridized carbons (Fsp3) is 0.579. The van der Waals surface area contributed by atoms with Gasteiger partial charge in [0.2, 0.25) is 5.91 Å². The summed E-state index contributed by atoms with van der Waals surface area (Å²) in [5, 5.41) is 6.00. The van der Waals surface area contributed by atoms with Crippen LogP contribution in [0.5, 0.6) is 0 Å². The highest BCUT2D eigenvalue weighted by Gasteiger charge is 2.28. The maximum absolute atomic E-state index is 12.7. The number of carbonyl (C=O) groups is 2. The predicted molar refractivity (Wildman–Crippen MR) is 112 cm³/mol. The summed E-state index contributed by atoms with van der Waals surface area (Å²) in [7, 11) is 3.43. The molecule has 2 aromatic heterocycles. The number of aromatic nitrogens is 2. The van der Waals surface area contributed by atoms with Crippen molar-refractivity contribution in [3.8, 4) is 0 Å². The molecule has 0 spiro atoms. The normalized spacial score (nSPS) is 15.8. The van der Waals surface area contributed by atoms with Crippen LogP contribution in [0.1, 0.15) is 20.3 Å². The van der Waals surface area contributed by atoms with Gasteiger partial charge in [-0.3, -0.25) is 4.79 Å². The molecule has 1 aliphatic rings. The number of rotatable bonds is 5. The average Bonchev–Trinajstić information content (AvgIpc) is 3.15. The fourth-order valence-corrected chi connectivity index (χ4v) is 4.12. The third-order valence-electron chi connectivity index (χ3n) is 4.85. The van der Waals surface area contributed by atoms with Gasteiger partial charge in [0.1, 0.15) is 23.0 Å². The fourth-order valence-electron chi connectivity index (χ4n) is 3.40. The number of hydrogen-bond donors (Lipinski definition) is 1. The largest absolute Gasteiger partial charge is 0.352 e. The Bertz CT molecular complexity index is 829. The minimum Gasteiger partial charge on any atom is -0.352 e. The molecule has 1 atom stereocenters. The van der Waals surface area contributed by atoms with E-state index in [4.69, 9.17) is 0 Å². The maximum Gasteiger partial charge on any atom is 0.318 e. The minimum atomic E-state index is -0.493. The molecule has 0 aromatic carbocycles. The van der Waals surface area contributed by atoms with Crippen LogP contribution in [-0.4, -0.2) is 78.0 Å². The van der Waals surface area contributed by atoms with Gasteiger partial charge in [-0.05, 0) is 23.8 Å². The molecule has 0 saturated carbocycles. The van der Waals surface area contributed by atoms with E-state index < -0.39 is 6.04 Å². The van der Waals surface area contributed by atoms with E-state index >= 15 is 0 Å². The number of hydrogen-bond acceptors (Lipinski definition) is 6. The van der Waals surface area contributed by atoms with Crippen LogP contribution in [-0.2, 0) is 4.79 Å². The van der Waals surface area contributed by atoms with Crippen molar-refractivity contribution in [3.63, 3.8) is 0 Å². The second-order valence-electron chi connectivity index (χ2n) is 7.68. The molecule has 0 aliphatic carbocycles. The molecule has 1 saturated heterocycles. The van der Waals surface area contributed by atoms with E-state index in [2.05, 4.69) is 20.2 Å². The van der Waals surface area contributed by atoms with Crippen molar-refractivity contribution < 1.29 is 9.59 Å². The van der Waals surface area contributed by atoms with E-state index in [1.165, 1.54) is 4.90 Å². The first-order valence-electron chi connectivity index (χ1n) is 9.56. The van der Waals surface area contributed by atoms with Gasteiger partial charge in [0.25, 0.3) is 0 Å². The molecule has 9 heteroatoms. The Morgan fingerprint density at radius 3 is 2.57 bits per heavy atom. The summed E-state index contributed by atoms with van der Waals surface area (Å²) in [5.41, 5.74) is 0. The minimum absolute atomic E-state index is 0.0680. The first-order valence-corrected chi connectivity index (χ1v) is 10.4. The van der Waals surface area contributed by atoms with Crippen molar-refractivity contribution in [2.45, 2.75) is 26.3 Å². The molecule has 1 fully saturated rings. The molecule has 152 valence electrons. The maximum atomic E-state index is 12.7. The number of urea groups is 1. The van der Waals surface area contributed by atoms with Gasteiger partial charge < -0.3 is 20.0 Å². The lowest BCUT2D eigenvalue weighted by Crippen LogP contribution is -2.56. The summed E-state index contributed by atoms with van der Waals surface area (Å²) in [5.74, 6) is 1.17. The number of thiophene rings is 1. The highest BCUT2D eigenvalue weighted by Crippen LogP contribution is 2.27. The molecule has 0 radical (unpaired) electrons. The van der Waals surface area contributed by atoms with Gasteiger partial charge in [0.05, 0.1) is 5.39 Å². The van der Waals surface area contributed by atoms with Gasteiger partial charge in [-0.2, -0.15) is 0 Å². The van der Waals surface area contributed by atoms with E-state index in [0.29, 0.717) is 38.5 Å². The molecular formula is C19H28N6O2S. The molecule has 0 bridgehead atoms. The first-order chi connectivity index (χ1) is 13.4. The first kappa shape index (κ1) is 20.3. The number of carbonyl (C=O) groups excluding carboxylic acids is 2. The molecule has 3 amide bonds. The highest BCUT2D eigenvalue weighted by atomic mass is 32.1. The molecule has 1 unspecified atom stereocenters. The topological polar surface area (TPSA) is 81.7 Å². The van der Waals surface area contributed by atoms with Crippen molar-refractivity contribution in [2.75, 3.05) is 45.2 Å². The third-order valence-corrected chi connectivity index (χ3v) is 5.67. The summed E-state index contributed by atoms with van der Waals surface area (Å²) >= 11 is 1.60. The van der Waals surface area contributed by atoms with E-state index in [-0.39, 0.29) is 11.9 Å². The Hall–Kier alpha value is -2.42. The molecule has 3 heterocycles. The van der Waals surface area contributed by atoms with Crippen molar-refractivity contribution in [2.24, 2.45) is 5.92 Å². The van der Waals surface area contributed by atoms with E-state index in [9.17, 15) is 9.59 Å². The summed E-state index contributed by atoms with van der Waals surface area (Å²) in [4.78, 5) is 40.4. The molecule has 1 aliphatic heterocycles. The monoisotopic (exact) mass is 404 g/mol. The summed E-state index contributed by atoms with van der Waals surface area (Å²) < 4.78 is 0. The van der Waals surface area contributed by atoms with Crippen molar-refractivity contribution in [1.82, 2.24) is 25.1 Å². The van der Waals surface area contributed by atoms with Gasteiger partial charge in [-0.15, -0.1) is 11.3 Å². The molecule has 1 N–H and O–H groups in total. The van der Waals surface area contributed by atoms with Crippen molar-refractivity contribution in [3.05, 3.63) is 17.8 Å². The van der Waals surface area contributed by atoms with Crippen LogP contribution in [0.15, 0.2) is 17.8 Å². The number of nitrogens with zero attached hydrogens (tertiary/aromatic N) is 5. The Kier molecular flexibility index (Phi) is 6.33. The number of amides is 3. The third kappa shape index (κ3) is 4.52. The average molecular weight is 405 g/mol. The Balaban J connectivity index is 1.61. The van der Waals surface area contributed by atoms with Gasteiger partial charge in [-0.25, -0.2) is 14.8 Å². The standard InChI is InChI=1S/C19H28N6O2S/c1-13(2)11-15(18(26)23(3)4)22-19(27)25-8-6-24(7-9-25)16-14-5-10-28-17(14)21-12-20-16/h5,10,12-13,15H,6-9,11H2,1-4H3,(H,22,27). The van der Waals surface area contributed by atoms with E-state index in [0.717, 1.165) is 16.0 Å². The summed E-state index contributed by atoms with van der Waals surface area (Å²) in [6.07, 6.45) is 2.22. The van der Waals surface area contributed by atoms with Crippen LogP contribution >= 0.6 is 11.3 Å². The smallest absolute Gasteiger partial charge is 0.318 e. The van der Waals surface area contributed by atoms with Crippen molar-refractivity contribution >= 4 is 39.3 Å². The molecule has 2 aromatic rings. The molecule has 8 nitrogen and oxygen atoms in total. The zero-order valence-electron chi connectivity index (χ0n) is 16.9. The Morgan fingerprint density at radius 1 is 1.21 bits per heavy atom. The van der Waals surface area contributed by atoms with Crippen LogP contribution in [0.4, 0.5) is 10.6 Å². The van der Waals surface area contributed by atoms with Crippen LogP contribution in [0.3, 0.4) is 0 Å². The van der Waals surface area contributed by atoms with Gasteiger partial charge >= 0.3 is 6.03 Å². The van der Waals surface area contributed by atoms with Gasteiger partial charge in [-0.1, -0.05) is 13.8 Å². The zero-order valence-corrected chi connectivity index (χ0v) is 17.7. The SMILES string of the molecule is CC(C)CC(NC(=O)N1CCN(c2ncnc3sccc23)CC1)C(=O)N(C)C. The second-order valence-corrected chi connectivity index (χ2v) is 8.57. The lowest BCUT2D eigenvalue weighted by Gasteiger charge is -2.36. The summed E-state index contributed by atoms with van der Waals surface area (Å²) in [6, 6.07) is 1.37. The number of anilines is 1.